The van der Waals surface area contributed by atoms with E-state index in [0.717, 1.165) is 0 Å². The lowest BCUT2D eigenvalue weighted by Gasteiger charge is -2.15. The largest absolute Gasteiger partial charge is 0.480 e. The first-order valence-electron chi connectivity index (χ1n) is 3.39. The molecule has 2 atom stereocenters. The van der Waals surface area contributed by atoms with Gasteiger partial charge >= 0.3 is 5.97 Å². The summed E-state index contributed by atoms with van der Waals surface area (Å²) >= 11 is 0. The third kappa shape index (κ3) is 3.68. The van der Waals surface area contributed by atoms with Crippen molar-refractivity contribution in [2.24, 2.45) is 11.5 Å². The van der Waals surface area contributed by atoms with Gasteiger partial charge in [-0.05, 0) is 0 Å². The second-order valence-electron chi connectivity index (χ2n) is 2.59. The molecule has 9 heteroatoms. The predicted octanol–water partition coefficient (Wildman–Crippen LogP) is -2.47. The molecule has 8 nitrogen and oxygen atoms in total. The van der Waals surface area contributed by atoms with Gasteiger partial charge in [-0.3, -0.25) is 14.1 Å². The lowest BCUT2D eigenvalue weighted by Crippen LogP contribution is -2.47. The van der Waals surface area contributed by atoms with Gasteiger partial charge in [0.1, 0.15) is 11.3 Å². The van der Waals surface area contributed by atoms with Crippen molar-refractivity contribution in [3.63, 3.8) is 0 Å². The van der Waals surface area contributed by atoms with Crippen molar-refractivity contribution < 1.29 is 27.7 Å². The fourth-order valence-corrected chi connectivity index (χ4v) is 1.64. The molecule has 14 heavy (non-hydrogen) atoms. The molecular weight excluding hydrogens is 216 g/mol. The Bertz CT molecular complexity index is 336. The molecule has 6 N–H and O–H groups in total. The van der Waals surface area contributed by atoms with Crippen LogP contribution in [0.3, 0.4) is 0 Å². The molecule has 0 aliphatic heterocycles. The highest BCUT2D eigenvalue weighted by atomic mass is 32.2. The second-order valence-corrected chi connectivity index (χ2v) is 4.22. The number of nitrogens with two attached hydrogens (primary N) is 2. The van der Waals surface area contributed by atoms with E-state index in [1.807, 2.05) is 0 Å². The molecular formula is C5H10N2O6S. The van der Waals surface area contributed by atoms with Crippen LogP contribution in [0.15, 0.2) is 0 Å². The maximum Gasteiger partial charge on any atom is 0.321 e. The van der Waals surface area contributed by atoms with E-state index in [9.17, 15) is 18.0 Å². The minimum atomic E-state index is -4.71. The standard InChI is InChI=1S/C5H10N2O6S/c6-3(8)1-2(14(11,12)13)4(7)5(9)10/h2,4H,1,7H2,(H2,6,8)(H,9,10)(H,11,12,13)/t2-,4+/m0/s1. The molecule has 0 aliphatic rings. The van der Waals surface area contributed by atoms with Crippen LogP contribution < -0.4 is 11.5 Å². The Morgan fingerprint density at radius 1 is 1.36 bits per heavy atom. The summed E-state index contributed by atoms with van der Waals surface area (Å²) in [7, 11) is -4.71. The SMILES string of the molecule is NC(=O)C[C@@H]([C@@H](N)C(=O)O)S(=O)(=O)O. The highest BCUT2D eigenvalue weighted by Gasteiger charge is 2.35. The lowest BCUT2D eigenvalue weighted by atomic mass is 10.1. The first kappa shape index (κ1) is 12.8. The van der Waals surface area contributed by atoms with Gasteiger partial charge in [0.25, 0.3) is 10.1 Å². The first-order valence-corrected chi connectivity index (χ1v) is 4.89. The van der Waals surface area contributed by atoms with E-state index in [4.69, 9.17) is 15.4 Å². The molecule has 0 rings (SSSR count). The topological polar surface area (TPSA) is 161 Å². The van der Waals surface area contributed by atoms with Gasteiger partial charge in [-0.2, -0.15) is 8.42 Å². The van der Waals surface area contributed by atoms with Crippen LogP contribution in [0.5, 0.6) is 0 Å². The zero-order chi connectivity index (χ0) is 11.5. The van der Waals surface area contributed by atoms with E-state index in [2.05, 4.69) is 5.73 Å². The smallest absolute Gasteiger partial charge is 0.321 e. The number of hydrogen-bond acceptors (Lipinski definition) is 5. The van der Waals surface area contributed by atoms with E-state index >= 15 is 0 Å². The average Bonchev–Trinajstić information content (AvgIpc) is 1.96. The van der Waals surface area contributed by atoms with Crippen LogP contribution in [0.2, 0.25) is 0 Å². The number of aliphatic carboxylic acids is 1. The molecule has 0 fully saturated rings. The third-order valence-corrected chi connectivity index (χ3v) is 2.70. The molecule has 0 aliphatic carbocycles. The van der Waals surface area contributed by atoms with Crippen molar-refractivity contribution in [3.8, 4) is 0 Å². The van der Waals surface area contributed by atoms with Crippen LogP contribution in [0.1, 0.15) is 6.42 Å². The van der Waals surface area contributed by atoms with E-state index in [0.29, 0.717) is 0 Å². The molecule has 0 saturated carbocycles. The highest BCUT2D eigenvalue weighted by molar-refractivity contribution is 7.86. The highest BCUT2D eigenvalue weighted by Crippen LogP contribution is 2.08. The number of rotatable bonds is 5. The van der Waals surface area contributed by atoms with Gasteiger partial charge in [-0.25, -0.2) is 0 Å². The van der Waals surface area contributed by atoms with Gasteiger partial charge in [0.15, 0.2) is 0 Å². The fourth-order valence-electron chi connectivity index (χ4n) is 0.775. The summed E-state index contributed by atoms with van der Waals surface area (Å²) in [6, 6.07) is -1.89. The maximum absolute atomic E-state index is 10.6. The molecule has 0 aromatic rings. The van der Waals surface area contributed by atoms with E-state index in [-0.39, 0.29) is 0 Å². The second kappa shape index (κ2) is 4.35. The average molecular weight is 226 g/mol. The van der Waals surface area contributed by atoms with Crippen molar-refractivity contribution in [1.82, 2.24) is 0 Å². The number of carboxylic acid groups (broad SMARTS) is 1. The number of carbonyl (C=O) groups is 2. The zero-order valence-electron chi connectivity index (χ0n) is 6.95. The van der Waals surface area contributed by atoms with Gasteiger partial charge in [0, 0.05) is 6.42 Å². The minimum absolute atomic E-state index is 0.841. The molecule has 0 bridgehead atoms. The summed E-state index contributed by atoms with van der Waals surface area (Å²) in [5.74, 6) is -2.71. The van der Waals surface area contributed by atoms with Crippen molar-refractivity contribution in [3.05, 3.63) is 0 Å². The predicted molar refractivity (Wildman–Crippen MR) is 44.8 cm³/mol. The number of carboxylic acids is 1. The minimum Gasteiger partial charge on any atom is -0.480 e. The summed E-state index contributed by atoms with van der Waals surface area (Å²) in [4.78, 5) is 20.7. The molecule has 82 valence electrons. The summed E-state index contributed by atoms with van der Waals surface area (Å²) < 4.78 is 29.8. The third-order valence-electron chi connectivity index (χ3n) is 1.47. The Morgan fingerprint density at radius 2 is 1.79 bits per heavy atom. The van der Waals surface area contributed by atoms with Crippen LogP contribution >= 0.6 is 0 Å². The van der Waals surface area contributed by atoms with Crippen LogP contribution in [0.4, 0.5) is 0 Å². The zero-order valence-corrected chi connectivity index (χ0v) is 7.77. The Hall–Kier alpha value is -1.19. The summed E-state index contributed by atoms with van der Waals surface area (Å²) in [6.45, 7) is 0. The Labute approximate surface area is 79.6 Å². The fraction of sp³-hybridized carbons (Fsp3) is 0.600. The van der Waals surface area contributed by atoms with Gasteiger partial charge < -0.3 is 16.6 Å². The van der Waals surface area contributed by atoms with Crippen LogP contribution in [-0.4, -0.2) is 41.2 Å². The molecule has 0 unspecified atom stereocenters. The molecule has 0 aromatic carbocycles. The van der Waals surface area contributed by atoms with Gasteiger partial charge in [0.2, 0.25) is 5.91 Å². The van der Waals surface area contributed by atoms with Crippen molar-refractivity contribution >= 4 is 22.0 Å². The van der Waals surface area contributed by atoms with Crippen LogP contribution in [-0.2, 0) is 19.7 Å². The van der Waals surface area contributed by atoms with Crippen molar-refractivity contribution in [2.75, 3.05) is 0 Å². The molecule has 0 spiro atoms. The van der Waals surface area contributed by atoms with Crippen LogP contribution in [0.25, 0.3) is 0 Å². The monoisotopic (exact) mass is 226 g/mol. The summed E-state index contributed by atoms with van der Waals surface area (Å²) in [5, 5.41) is 6.46. The molecule has 0 aromatic heterocycles. The van der Waals surface area contributed by atoms with E-state index in [1.165, 1.54) is 0 Å². The Balaban J connectivity index is 4.92. The summed E-state index contributed by atoms with van der Waals surface area (Å²) in [5.41, 5.74) is 9.61. The number of carbonyl (C=O) groups excluding carboxylic acids is 1. The molecule has 0 saturated heterocycles. The number of hydrogen-bond donors (Lipinski definition) is 4. The number of amides is 1. The van der Waals surface area contributed by atoms with Crippen LogP contribution in [0, 0.1) is 0 Å². The Kier molecular flexibility index (Phi) is 3.98. The first-order chi connectivity index (χ1) is 6.16. The van der Waals surface area contributed by atoms with Gasteiger partial charge in [0.05, 0.1) is 0 Å². The van der Waals surface area contributed by atoms with E-state index < -0.39 is 39.7 Å². The lowest BCUT2D eigenvalue weighted by molar-refractivity contribution is -0.138. The quantitative estimate of drug-likeness (QED) is 0.377. The van der Waals surface area contributed by atoms with Crippen molar-refractivity contribution in [1.29, 1.82) is 0 Å². The van der Waals surface area contributed by atoms with Crippen molar-refractivity contribution in [2.45, 2.75) is 17.7 Å². The normalized spacial score (nSPS) is 15.9. The summed E-state index contributed by atoms with van der Waals surface area (Å²) in [6.07, 6.45) is -0.841. The molecule has 0 radical (unpaired) electrons. The van der Waals surface area contributed by atoms with Gasteiger partial charge in [-0.1, -0.05) is 0 Å². The molecule has 0 heterocycles. The van der Waals surface area contributed by atoms with E-state index in [1.54, 1.807) is 0 Å². The molecule has 1 amide bonds. The van der Waals surface area contributed by atoms with Gasteiger partial charge in [-0.15, -0.1) is 0 Å². The maximum atomic E-state index is 10.6. The number of primary amides is 1. The Morgan fingerprint density at radius 3 is 2.00 bits per heavy atom.